The predicted octanol–water partition coefficient (Wildman–Crippen LogP) is 4.85. The van der Waals surface area contributed by atoms with Crippen LogP contribution in [0.2, 0.25) is 5.02 Å². The molecule has 6 nitrogen and oxygen atoms in total. The Hall–Kier alpha value is -3.12. The summed E-state index contributed by atoms with van der Waals surface area (Å²) in [6, 6.07) is 14.4. The summed E-state index contributed by atoms with van der Waals surface area (Å²) in [5, 5.41) is 10.6. The zero-order valence-electron chi connectivity index (χ0n) is 16.1. The fourth-order valence-corrected chi connectivity index (χ4v) is 3.61. The number of fused-ring (bicyclic) bond motifs is 1. The molecule has 1 aliphatic heterocycles. The molecule has 4 rings (SSSR count). The smallest absolute Gasteiger partial charge is 0.251 e. The SMILES string of the molecule is CC(C)c1ccc(NC(=O)CC2C(=O)Nc3c(-c4cccc(Cl)c4)cnn32)cc1. The predicted molar refractivity (Wildman–Crippen MR) is 114 cm³/mol. The van der Waals surface area contributed by atoms with Gasteiger partial charge in [-0.25, -0.2) is 4.68 Å². The number of rotatable bonds is 5. The first-order valence-electron chi connectivity index (χ1n) is 9.46. The van der Waals surface area contributed by atoms with E-state index in [2.05, 4.69) is 29.6 Å². The van der Waals surface area contributed by atoms with E-state index < -0.39 is 6.04 Å². The highest BCUT2D eigenvalue weighted by molar-refractivity contribution is 6.30. The molecule has 1 aromatic heterocycles. The number of carbonyl (C=O) groups excluding carboxylic acids is 2. The number of nitrogens with one attached hydrogen (secondary N) is 2. The van der Waals surface area contributed by atoms with E-state index in [1.807, 2.05) is 42.5 Å². The summed E-state index contributed by atoms with van der Waals surface area (Å²) in [4.78, 5) is 25.0. The van der Waals surface area contributed by atoms with Gasteiger partial charge in [0.1, 0.15) is 11.9 Å². The number of aromatic nitrogens is 2. The molecule has 2 N–H and O–H groups in total. The van der Waals surface area contributed by atoms with E-state index in [0.29, 0.717) is 22.4 Å². The summed E-state index contributed by atoms with van der Waals surface area (Å²) < 4.78 is 1.57. The highest BCUT2D eigenvalue weighted by Gasteiger charge is 2.35. The molecule has 7 heteroatoms. The van der Waals surface area contributed by atoms with Crippen LogP contribution in [0.5, 0.6) is 0 Å². The third-order valence-electron chi connectivity index (χ3n) is 5.01. The Morgan fingerprint density at radius 2 is 2.00 bits per heavy atom. The minimum atomic E-state index is -0.687. The van der Waals surface area contributed by atoms with Gasteiger partial charge in [0.2, 0.25) is 5.91 Å². The van der Waals surface area contributed by atoms with Gasteiger partial charge < -0.3 is 10.6 Å². The molecular weight excluding hydrogens is 388 g/mol. The Labute approximate surface area is 173 Å². The molecule has 1 atom stereocenters. The monoisotopic (exact) mass is 408 g/mol. The molecule has 2 heterocycles. The largest absolute Gasteiger partial charge is 0.326 e. The molecule has 2 aromatic carbocycles. The summed E-state index contributed by atoms with van der Waals surface area (Å²) in [6.07, 6.45) is 1.68. The lowest BCUT2D eigenvalue weighted by Gasteiger charge is -2.11. The van der Waals surface area contributed by atoms with E-state index in [-0.39, 0.29) is 18.2 Å². The topological polar surface area (TPSA) is 76.0 Å². The molecule has 0 spiro atoms. The number of halogens is 1. The Morgan fingerprint density at radius 1 is 1.24 bits per heavy atom. The second-order valence-corrected chi connectivity index (χ2v) is 7.83. The lowest BCUT2D eigenvalue weighted by Crippen LogP contribution is -2.23. The summed E-state index contributed by atoms with van der Waals surface area (Å²) in [5.41, 5.74) is 3.54. The quantitative estimate of drug-likeness (QED) is 0.633. The van der Waals surface area contributed by atoms with Gasteiger partial charge in [-0.15, -0.1) is 0 Å². The average Bonchev–Trinajstić information content (AvgIpc) is 3.22. The van der Waals surface area contributed by atoms with Gasteiger partial charge in [-0.05, 0) is 41.3 Å². The van der Waals surface area contributed by atoms with Crippen molar-refractivity contribution in [3.8, 4) is 11.1 Å². The summed E-state index contributed by atoms with van der Waals surface area (Å²) in [6.45, 7) is 4.23. The van der Waals surface area contributed by atoms with Crippen molar-refractivity contribution in [2.45, 2.75) is 32.2 Å². The van der Waals surface area contributed by atoms with Crippen molar-refractivity contribution in [2.75, 3.05) is 10.6 Å². The first-order chi connectivity index (χ1) is 13.9. The van der Waals surface area contributed by atoms with Crippen LogP contribution in [0, 0.1) is 0 Å². The van der Waals surface area contributed by atoms with Crippen LogP contribution in [-0.4, -0.2) is 21.6 Å². The van der Waals surface area contributed by atoms with E-state index in [4.69, 9.17) is 11.6 Å². The van der Waals surface area contributed by atoms with Gasteiger partial charge in [-0.1, -0.05) is 49.7 Å². The Bertz CT molecular complexity index is 1070. The molecule has 0 aliphatic carbocycles. The Balaban J connectivity index is 1.49. The molecule has 1 unspecified atom stereocenters. The van der Waals surface area contributed by atoms with Crippen LogP contribution in [-0.2, 0) is 9.59 Å². The van der Waals surface area contributed by atoms with Gasteiger partial charge in [0, 0.05) is 16.3 Å². The van der Waals surface area contributed by atoms with Crippen LogP contribution in [0.15, 0.2) is 54.7 Å². The molecule has 0 bridgehead atoms. The van der Waals surface area contributed by atoms with Gasteiger partial charge in [-0.3, -0.25) is 9.59 Å². The number of benzene rings is 2. The highest BCUT2D eigenvalue weighted by Crippen LogP contribution is 2.36. The second kappa shape index (κ2) is 7.72. The fraction of sp³-hybridized carbons (Fsp3) is 0.227. The number of hydrogen-bond donors (Lipinski definition) is 2. The van der Waals surface area contributed by atoms with Crippen LogP contribution in [0.25, 0.3) is 11.1 Å². The van der Waals surface area contributed by atoms with Gasteiger partial charge in [0.05, 0.1) is 12.6 Å². The standard InChI is InChI=1S/C22H21ClN4O2/c1-13(2)14-6-8-17(9-7-14)25-20(28)11-19-22(29)26-21-18(12-24-27(19)21)15-4-3-5-16(23)10-15/h3-10,12-13,19H,11H2,1-2H3,(H,25,28)(H,26,29). The molecule has 148 valence electrons. The molecule has 0 saturated heterocycles. The first-order valence-corrected chi connectivity index (χ1v) is 9.84. The van der Waals surface area contributed by atoms with Crippen molar-refractivity contribution in [1.82, 2.24) is 9.78 Å². The van der Waals surface area contributed by atoms with Crippen molar-refractivity contribution < 1.29 is 9.59 Å². The van der Waals surface area contributed by atoms with Gasteiger partial charge >= 0.3 is 0 Å². The summed E-state index contributed by atoms with van der Waals surface area (Å²) in [5.74, 6) is 0.516. The normalized spacial score (nSPS) is 15.3. The molecule has 2 amide bonds. The van der Waals surface area contributed by atoms with Gasteiger partial charge in [-0.2, -0.15) is 5.10 Å². The number of anilines is 2. The molecule has 29 heavy (non-hydrogen) atoms. The molecule has 3 aromatic rings. The maximum Gasteiger partial charge on any atom is 0.251 e. The average molecular weight is 409 g/mol. The maximum absolute atomic E-state index is 12.5. The minimum absolute atomic E-state index is 0.00142. The number of hydrogen-bond acceptors (Lipinski definition) is 3. The van der Waals surface area contributed by atoms with Gasteiger partial charge in [0.15, 0.2) is 0 Å². The van der Waals surface area contributed by atoms with Crippen LogP contribution < -0.4 is 10.6 Å². The number of nitrogens with zero attached hydrogens (tertiary/aromatic N) is 2. The van der Waals surface area contributed by atoms with Crippen LogP contribution >= 0.6 is 11.6 Å². The molecule has 1 aliphatic rings. The van der Waals surface area contributed by atoms with Gasteiger partial charge in [0.25, 0.3) is 5.91 Å². The zero-order chi connectivity index (χ0) is 20.5. The lowest BCUT2D eigenvalue weighted by atomic mass is 10.0. The van der Waals surface area contributed by atoms with Crippen molar-refractivity contribution in [3.05, 3.63) is 65.3 Å². The van der Waals surface area contributed by atoms with E-state index in [1.165, 1.54) is 5.56 Å². The van der Waals surface area contributed by atoms with E-state index >= 15 is 0 Å². The third-order valence-corrected chi connectivity index (χ3v) is 5.25. The summed E-state index contributed by atoms with van der Waals surface area (Å²) in [7, 11) is 0. The Kier molecular flexibility index (Phi) is 5.11. The van der Waals surface area contributed by atoms with Crippen LogP contribution in [0.3, 0.4) is 0 Å². The van der Waals surface area contributed by atoms with E-state index in [9.17, 15) is 9.59 Å². The summed E-state index contributed by atoms with van der Waals surface area (Å²) >= 11 is 6.08. The first kappa shape index (κ1) is 19.2. The number of amides is 2. The molecule has 0 fully saturated rings. The molecule has 0 saturated carbocycles. The molecule has 0 radical (unpaired) electrons. The van der Waals surface area contributed by atoms with E-state index in [0.717, 1.165) is 11.1 Å². The minimum Gasteiger partial charge on any atom is -0.326 e. The number of carbonyl (C=O) groups is 2. The maximum atomic E-state index is 12.5. The lowest BCUT2D eigenvalue weighted by molar-refractivity contribution is -0.123. The third kappa shape index (κ3) is 3.89. The fourth-order valence-electron chi connectivity index (χ4n) is 3.42. The Morgan fingerprint density at radius 3 is 2.69 bits per heavy atom. The second-order valence-electron chi connectivity index (χ2n) is 7.40. The van der Waals surface area contributed by atoms with Crippen LogP contribution in [0.4, 0.5) is 11.5 Å². The van der Waals surface area contributed by atoms with Crippen LogP contribution in [0.1, 0.15) is 37.8 Å². The molecular formula is C22H21ClN4O2. The van der Waals surface area contributed by atoms with Crippen molar-refractivity contribution >= 4 is 34.9 Å². The van der Waals surface area contributed by atoms with Crippen molar-refractivity contribution in [1.29, 1.82) is 0 Å². The van der Waals surface area contributed by atoms with E-state index in [1.54, 1.807) is 16.9 Å². The zero-order valence-corrected chi connectivity index (χ0v) is 16.9. The van der Waals surface area contributed by atoms with Crippen molar-refractivity contribution in [2.24, 2.45) is 0 Å². The van der Waals surface area contributed by atoms with Crippen molar-refractivity contribution in [3.63, 3.8) is 0 Å². The highest BCUT2D eigenvalue weighted by atomic mass is 35.5.